The Kier molecular flexibility index (Phi) is 3.95. The first-order valence-corrected chi connectivity index (χ1v) is 7.94. The highest BCUT2D eigenvalue weighted by atomic mass is 16.6. The van der Waals surface area contributed by atoms with Crippen LogP contribution in [0.25, 0.3) is 33.2 Å². The molecule has 6 nitrogen and oxygen atoms in total. The molecule has 0 aliphatic carbocycles. The minimum Gasteiger partial charge on any atom is -0.478 e. The highest BCUT2D eigenvalue weighted by Crippen LogP contribution is 2.31. The van der Waals surface area contributed by atoms with Gasteiger partial charge in [-0.1, -0.05) is 30.3 Å². The number of aromatic nitrogens is 2. The maximum atomic E-state index is 11.7. The van der Waals surface area contributed by atoms with Crippen LogP contribution in [0.2, 0.25) is 0 Å². The molecule has 0 bridgehead atoms. The van der Waals surface area contributed by atoms with Crippen molar-refractivity contribution in [1.82, 2.24) is 9.97 Å². The number of nitrogens with zero attached hydrogens (tertiary/aromatic N) is 2. The molecule has 2 aromatic carbocycles. The Morgan fingerprint density at radius 3 is 2.12 bits per heavy atom. The Morgan fingerprint density at radius 2 is 1.46 bits per heavy atom. The Morgan fingerprint density at radius 1 is 0.885 bits per heavy atom. The number of aliphatic hydroxyl groups excluding tert-OH is 1. The maximum absolute atomic E-state index is 11.7. The predicted octanol–water partition coefficient (Wildman–Crippen LogP) is 3.48. The van der Waals surface area contributed by atoms with E-state index in [0.29, 0.717) is 33.6 Å². The van der Waals surface area contributed by atoms with Gasteiger partial charge >= 0.3 is 5.97 Å². The van der Waals surface area contributed by atoms with Crippen molar-refractivity contribution in [3.63, 3.8) is 0 Å². The summed E-state index contributed by atoms with van der Waals surface area (Å²) in [6.07, 6.45) is 0. The molecule has 26 heavy (non-hydrogen) atoms. The van der Waals surface area contributed by atoms with Crippen molar-refractivity contribution in [3.05, 3.63) is 66.2 Å². The molecule has 0 aliphatic heterocycles. The molecule has 0 radical (unpaired) electrons. The van der Waals surface area contributed by atoms with E-state index in [-0.39, 0.29) is 5.56 Å². The molecular weight excluding hydrogens is 332 g/mol. The van der Waals surface area contributed by atoms with Gasteiger partial charge in [0.05, 0.1) is 28.0 Å². The highest BCUT2D eigenvalue weighted by molar-refractivity contribution is 6.03. The van der Waals surface area contributed by atoms with Crippen LogP contribution in [0, 0.1) is 0 Å². The van der Waals surface area contributed by atoms with E-state index in [1.807, 2.05) is 24.3 Å². The van der Waals surface area contributed by atoms with Crippen LogP contribution >= 0.6 is 0 Å². The van der Waals surface area contributed by atoms with Gasteiger partial charge in [-0.25, -0.2) is 14.8 Å². The van der Waals surface area contributed by atoms with Gasteiger partial charge in [0.1, 0.15) is 5.75 Å². The summed E-state index contributed by atoms with van der Waals surface area (Å²) in [6, 6.07) is 17.6. The molecule has 0 atom stereocenters. The van der Waals surface area contributed by atoms with Crippen molar-refractivity contribution in [3.8, 4) is 17.1 Å². The van der Waals surface area contributed by atoms with Crippen LogP contribution in [0.4, 0.5) is 0 Å². The number of hydrogen-bond acceptors (Lipinski definition) is 5. The number of pyridine rings is 2. The minimum atomic E-state index is -1.03. The monoisotopic (exact) mass is 346 g/mol. The van der Waals surface area contributed by atoms with Crippen LogP contribution in [0.1, 0.15) is 10.4 Å². The van der Waals surface area contributed by atoms with Gasteiger partial charge < -0.3 is 14.9 Å². The lowest BCUT2D eigenvalue weighted by Crippen LogP contribution is -2.02. The van der Waals surface area contributed by atoms with E-state index in [0.717, 1.165) is 5.39 Å². The second-order valence-corrected chi connectivity index (χ2v) is 5.67. The van der Waals surface area contributed by atoms with Crippen LogP contribution in [0.5, 0.6) is 5.75 Å². The number of carbonyl (C=O) groups is 1. The Balaban J connectivity index is 1.99. The number of hydrogen-bond donors (Lipinski definition) is 2. The lowest BCUT2D eigenvalue weighted by atomic mass is 10.1. The summed E-state index contributed by atoms with van der Waals surface area (Å²) < 4.78 is 5.32. The molecule has 0 aliphatic rings. The molecule has 0 fully saturated rings. The van der Waals surface area contributed by atoms with Gasteiger partial charge in [-0.2, -0.15) is 0 Å². The van der Waals surface area contributed by atoms with Gasteiger partial charge in [-0.05, 0) is 24.3 Å². The molecule has 2 N–H and O–H groups in total. The van der Waals surface area contributed by atoms with E-state index in [1.165, 1.54) is 6.07 Å². The summed E-state index contributed by atoms with van der Waals surface area (Å²) in [6.45, 7) is -0.473. The number of carboxylic acids is 1. The lowest BCUT2D eigenvalue weighted by Gasteiger charge is -2.11. The third kappa shape index (κ3) is 2.72. The first-order chi connectivity index (χ1) is 12.7. The summed E-state index contributed by atoms with van der Waals surface area (Å²) in [5.41, 5.74) is 2.29. The molecule has 4 rings (SSSR count). The van der Waals surface area contributed by atoms with Gasteiger partial charge in [0.2, 0.25) is 0 Å². The molecule has 2 aromatic heterocycles. The zero-order valence-corrected chi connectivity index (χ0v) is 13.6. The van der Waals surface area contributed by atoms with E-state index in [1.54, 1.807) is 30.3 Å². The van der Waals surface area contributed by atoms with Crippen LogP contribution in [-0.2, 0) is 0 Å². The van der Waals surface area contributed by atoms with Crippen LogP contribution in [-0.4, -0.2) is 32.9 Å². The molecule has 0 saturated carbocycles. The smallest absolute Gasteiger partial charge is 0.336 e. The normalized spacial score (nSPS) is 11.0. The quantitative estimate of drug-likeness (QED) is 0.550. The SMILES string of the molecule is O=C(O)c1cc(-c2cc(OCO)c3ccccc3n2)nc2ccccc12. The molecule has 0 saturated heterocycles. The van der Waals surface area contributed by atoms with Crippen LogP contribution in [0.3, 0.4) is 0 Å². The number of carboxylic acid groups (broad SMARTS) is 1. The molecule has 4 aromatic rings. The fraction of sp³-hybridized carbons (Fsp3) is 0.0500. The second kappa shape index (κ2) is 6.42. The highest BCUT2D eigenvalue weighted by Gasteiger charge is 2.15. The number of aromatic carboxylic acids is 1. The number of aliphatic hydroxyl groups is 1. The van der Waals surface area contributed by atoms with Gasteiger partial charge in [0.25, 0.3) is 0 Å². The number of benzene rings is 2. The van der Waals surface area contributed by atoms with E-state index in [9.17, 15) is 9.90 Å². The number of fused-ring (bicyclic) bond motifs is 2. The zero-order chi connectivity index (χ0) is 18.1. The summed E-state index contributed by atoms with van der Waals surface area (Å²) in [7, 11) is 0. The van der Waals surface area contributed by atoms with Crippen molar-refractivity contribution in [2.75, 3.05) is 6.79 Å². The Labute approximate surface area is 148 Å². The predicted molar refractivity (Wildman–Crippen MR) is 97.2 cm³/mol. The number of rotatable bonds is 4. The molecule has 0 spiro atoms. The standard InChI is InChI=1S/C20H14N2O4/c23-11-26-19-10-18(22-16-8-4-2-6-13(16)19)17-9-14(20(24)25)12-5-1-3-7-15(12)21-17/h1-10,23H,11H2,(H,24,25). The lowest BCUT2D eigenvalue weighted by molar-refractivity contribution is 0.0699. The fourth-order valence-electron chi connectivity index (χ4n) is 2.95. The molecule has 0 amide bonds. The van der Waals surface area contributed by atoms with E-state index in [4.69, 9.17) is 9.84 Å². The first-order valence-electron chi connectivity index (χ1n) is 7.94. The fourth-order valence-corrected chi connectivity index (χ4v) is 2.95. The Bertz CT molecular complexity index is 1140. The largest absolute Gasteiger partial charge is 0.478 e. The average Bonchev–Trinajstić information content (AvgIpc) is 2.67. The Hall–Kier alpha value is -3.51. The summed E-state index contributed by atoms with van der Waals surface area (Å²) in [4.78, 5) is 20.8. The molecular formula is C20H14N2O4. The molecule has 0 unspecified atom stereocenters. The summed E-state index contributed by atoms with van der Waals surface area (Å²) in [5.74, 6) is -0.572. The average molecular weight is 346 g/mol. The molecule has 6 heteroatoms. The summed E-state index contributed by atoms with van der Waals surface area (Å²) >= 11 is 0. The number of para-hydroxylation sites is 2. The van der Waals surface area contributed by atoms with Crippen LogP contribution < -0.4 is 4.74 Å². The first kappa shape index (κ1) is 16.0. The van der Waals surface area contributed by atoms with Crippen molar-refractivity contribution in [1.29, 1.82) is 0 Å². The van der Waals surface area contributed by atoms with Crippen molar-refractivity contribution < 1.29 is 19.7 Å². The second-order valence-electron chi connectivity index (χ2n) is 5.67. The van der Waals surface area contributed by atoms with Crippen LogP contribution in [0.15, 0.2) is 60.7 Å². The van der Waals surface area contributed by atoms with E-state index >= 15 is 0 Å². The summed E-state index contributed by atoms with van der Waals surface area (Å²) in [5, 5.41) is 20.0. The van der Waals surface area contributed by atoms with Crippen molar-refractivity contribution in [2.24, 2.45) is 0 Å². The molecule has 128 valence electrons. The van der Waals surface area contributed by atoms with E-state index < -0.39 is 12.8 Å². The maximum Gasteiger partial charge on any atom is 0.336 e. The van der Waals surface area contributed by atoms with Gasteiger partial charge in [-0.3, -0.25) is 0 Å². The number of ether oxygens (including phenoxy) is 1. The molecule has 2 heterocycles. The van der Waals surface area contributed by atoms with Gasteiger partial charge in [-0.15, -0.1) is 0 Å². The third-order valence-electron chi connectivity index (χ3n) is 4.11. The van der Waals surface area contributed by atoms with Gasteiger partial charge in [0, 0.05) is 16.8 Å². The zero-order valence-electron chi connectivity index (χ0n) is 13.6. The minimum absolute atomic E-state index is 0.158. The third-order valence-corrected chi connectivity index (χ3v) is 4.11. The van der Waals surface area contributed by atoms with Crippen molar-refractivity contribution in [2.45, 2.75) is 0 Å². The van der Waals surface area contributed by atoms with Gasteiger partial charge in [0.15, 0.2) is 6.79 Å². The topological polar surface area (TPSA) is 92.5 Å². The van der Waals surface area contributed by atoms with Crippen molar-refractivity contribution >= 4 is 27.8 Å². The van der Waals surface area contributed by atoms with E-state index in [2.05, 4.69) is 9.97 Å².